The number of nitrogens with one attached hydrogen (secondary N) is 1. The summed E-state index contributed by atoms with van der Waals surface area (Å²) in [6, 6.07) is -1.38. The molecule has 0 aromatic carbocycles. The molecule has 2 amide bonds. The number of hydrogen-bond donors (Lipinski definition) is 1. The molecule has 0 rings (SSSR count). The van der Waals surface area contributed by atoms with Crippen LogP contribution < -0.4 is 5.32 Å². The van der Waals surface area contributed by atoms with Gasteiger partial charge in [-0.2, -0.15) is 26.3 Å². The summed E-state index contributed by atoms with van der Waals surface area (Å²) in [5.74, 6) is -0.181. The molecule has 0 saturated heterocycles. The summed E-state index contributed by atoms with van der Waals surface area (Å²) in [7, 11) is 0. The standard InChI is InChI=1S/C13H22F6N2O/c1-8(2)6-21(7-9(3)4)10(22)20-11(5,12(14,15)16)13(17,18)19/h8-9H,6-7H2,1-5H3,(H,20,22). The number of carbonyl (C=O) groups excluding carboxylic acids is 1. The first-order valence-corrected chi connectivity index (χ1v) is 6.82. The number of alkyl halides is 6. The minimum atomic E-state index is -5.65. The summed E-state index contributed by atoms with van der Waals surface area (Å²) < 4.78 is 76.8. The second kappa shape index (κ2) is 6.95. The van der Waals surface area contributed by atoms with Crippen LogP contribution in [0.15, 0.2) is 0 Å². The lowest BCUT2D eigenvalue weighted by Gasteiger charge is -2.37. The maximum absolute atomic E-state index is 12.8. The highest BCUT2D eigenvalue weighted by molar-refractivity contribution is 5.75. The van der Waals surface area contributed by atoms with Gasteiger partial charge in [-0.1, -0.05) is 27.7 Å². The molecule has 9 heteroatoms. The summed E-state index contributed by atoms with van der Waals surface area (Å²) >= 11 is 0. The van der Waals surface area contributed by atoms with E-state index in [-0.39, 0.29) is 31.8 Å². The molecule has 0 unspecified atom stereocenters. The van der Waals surface area contributed by atoms with Crippen molar-refractivity contribution in [2.45, 2.75) is 52.5 Å². The Kier molecular flexibility index (Phi) is 6.59. The van der Waals surface area contributed by atoms with Crippen molar-refractivity contribution in [3.8, 4) is 0 Å². The Morgan fingerprint density at radius 3 is 1.45 bits per heavy atom. The van der Waals surface area contributed by atoms with Gasteiger partial charge < -0.3 is 10.2 Å². The summed E-state index contributed by atoms with van der Waals surface area (Å²) in [6.07, 6.45) is -11.3. The third-order valence-corrected chi connectivity index (χ3v) is 2.95. The molecule has 0 aliphatic rings. The molecule has 0 radical (unpaired) electrons. The Balaban J connectivity index is 5.39. The number of carbonyl (C=O) groups is 1. The van der Waals surface area contributed by atoms with Gasteiger partial charge >= 0.3 is 18.4 Å². The largest absolute Gasteiger partial charge is 0.420 e. The first-order chi connectivity index (χ1) is 9.61. The van der Waals surface area contributed by atoms with Crippen LogP contribution in [0.25, 0.3) is 0 Å². The summed E-state index contributed by atoms with van der Waals surface area (Å²) in [5.41, 5.74) is -4.29. The van der Waals surface area contributed by atoms with E-state index >= 15 is 0 Å². The van der Waals surface area contributed by atoms with E-state index in [1.807, 2.05) is 0 Å². The van der Waals surface area contributed by atoms with E-state index in [0.29, 0.717) is 0 Å². The van der Waals surface area contributed by atoms with Gasteiger partial charge in [0.05, 0.1) is 0 Å². The molecule has 1 N–H and O–H groups in total. The molecule has 0 bridgehead atoms. The van der Waals surface area contributed by atoms with Gasteiger partial charge in [0.2, 0.25) is 5.54 Å². The van der Waals surface area contributed by atoms with Crippen LogP contribution in [-0.4, -0.2) is 41.9 Å². The number of rotatable bonds is 5. The van der Waals surface area contributed by atoms with Crippen LogP contribution in [0.2, 0.25) is 0 Å². The molecule has 0 aromatic heterocycles. The zero-order valence-corrected chi connectivity index (χ0v) is 13.2. The fraction of sp³-hybridized carbons (Fsp3) is 0.923. The van der Waals surface area contributed by atoms with Gasteiger partial charge in [0.25, 0.3) is 0 Å². The van der Waals surface area contributed by atoms with Crippen LogP contribution in [0.5, 0.6) is 0 Å². The second-order valence-corrected chi connectivity index (χ2v) is 6.24. The molecule has 0 aliphatic heterocycles. The normalized spacial score (nSPS) is 13.7. The molecular weight excluding hydrogens is 314 g/mol. The van der Waals surface area contributed by atoms with Crippen LogP contribution in [0.1, 0.15) is 34.6 Å². The van der Waals surface area contributed by atoms with Gasteiger partial charge in [0.1, 0.15) is 0 Å². The quantitative estimate of drug-likeness (QED) is 0.750. The van der Waals surface area contributed by atoms with Crippen LogP contribution in [0.3, 0.4) is 0 Å². The molecule has 0 atom stereocenters. The monoisotopic (exact) mass is 336 g/mol. The Morgan fingerprint density at radius 2 is 1.23 bits per heavy atom. The van der Waals surface area contributed by atoms with Crippen molar-refractivity contribution >= 4 is 6.03 Å². The van der Waals surface area contributed by atoms with Crippen molar-refractivity contribution in [1.82, 2.24) is 10.2 Å². The van der Waals surface area contributed by atoms with Crippen LogP contribution >= 0.6 is 0 Å². The Labute approximate surface area is 126 Å². The van der Waals surface area contributed by atoms with Crippen molar-refractivity contribution in [2.24, 2.45) is 11.8 Å². The molecule has 0 fully saturated rings. The van der Waals surface area contributed by atoms with E-state index in [0.717, 1.165) is 10.2 Å². The zero-order chi connectivity index (χ0) is 17.9. The van der Waals surface area contributed by atoms with Crippen LogP contribution in [-0.2, 0) is 0 Å². The minimum absolute atomic E-state index is 0.0653. The Hall–Kier alpha value is -1.15. The fourth-order valence-corrected chi connectivity index (χ4v) is 1.72. The lowest BCUT2D eigenvalue weighted by atomic mass is 10.0. The van der Waals surface area contributed by atoms with Crippen LogP contribution in [0, 0.1) is 11.8 Å². The number of amides is 2. The van der Waals surface area contributed by atoms with Gasteiger partial charge in [-0.3, -0.25) is 0 Å². The van der Waals surface area contributed by atoms with Crippen molar-refractivity contribution in [2.75, 3.05) is 13.1 Å². The number of nitrogens with zero attached hydrogens (tertiary/aromatic N) is 1. The van der Waals surface area contributed by atoms with Gasteiger partial charge in [-0.15, -0.1) is 0 Å². The third-order valence-electron chi connectivity index (χ3n) is 2.95. The van der Waals surface area contributed by atoms with E-state index < -0.39 is 23.9 Å². The SMILES string of the molecule is CC(C)CN(CC(C)C)C(=O)NC(C)(C(F)(F)F)C(F)(F)F. The average Bonchev–Trinajstić information content (AvgIpc) is 2.23. The summed E-state index contributed by atoms with van der Waals surface area (Å²) in [6.45, 7) is 6.92. The van der Waals surface area contributed by atoms with E-state index in [1.165, 1.54) is 0 Å². The smallest absolute Gasteiger partial charge is 0.324 e. The number of hydrogen-bond acceptors (Lipinski definition) is 1. The molecular formula is C13H22F6N2O. The third kappa shape index (κ3) is 5.24. The highest BCUT2D eigenvalue weighted by atomic mass is 19.4. The van der Waals surface area contributed by atoms with E-state index in [9.17, 15) is 31.1 Å². The average molecular weight is 336 g/mol. The molecule has 0 heterocycles. The summed E-state index contributed by atoms with van der Waals surface area (Å²) in [4.78, 5) is 12.9. The summed E-state index contributed by atoms with van der Waals surface area (Å²) in [5, 5.41) is 1.12. The van der Waals surface area contributed by atoms with Gasteiger partial charge in [-0.05, 0) is 18.8 Å². The molecule has 0 aromatic rings. The van der Waals surface area contributed by atoms with Gasteiger partial charge in [0.15, 0.2) is 0 Å². The maximum atomic E-state index is 12.8. The number of urea groups is 1. The Bertz CT molecular complexity index is 352. The first kappa shape index (κ1) is 20.9. The van der Waals surface area contributed by atoms with Gasteiger partial charge in [-0.25, -0.2) is 4.79 Å². The topological polar surface area (TPSA) is 32.3 Å². The fourth-order valence-electron chi connectivity index (χ4n) is 1.72. The first-order valence-electron chi connectivity index (χ1n) is 6.82. The lowest BCUT2D eigenvalue weighted by molar-refractivity contribution is -0.298. The van der Waals surface area contributed by atoms with Crippen molar-refractivity contribution < 1.29 is 31.1 Å². The highest BCUT2D eigenvalue weighted by Crippen LogP contribution is 2.42. The van der Waals surface area contributed by atoms with Crippen molar-refractivity contribution in [3.63, 3.8) is 0 Å². The van der Waals surface area contributed by atoms with E-state index in [2.05, 4.69) is 0 Å². The highest BCUT2D eigenvalue weighted by Gasteiger charge is 2.68. The van der Waals surface area contributed by atoms with Crippen LogP contribution in [0.4, 0.5) is 31.1 Å². The van der Waals surface area contributed by atoms with E-state index in [4.69, 9.17) is 0 Å². The zero-order valence-electron chi connectivity index (χ0n) is 13.2. The predicted molar refractivity (Wildman–Crippen MR) is 70.3 cm³/mol. The van der Waals surface area contributed by atoms with Crippen molar-refractivity contribution in [1.29, 1.82) is 0 Å². The van der Waals surface area contributed by atoms with E-state index in [1.54, 1.807) is 27.7 Å². The molecule has 132 valence electrons. The maximum Gasteiger partial charge on any atom is 0.420 e. The van der Waals surface area contributed by atoms with Crippen molar-refractivity contribution in [3.05, 3.63) is 0 Å². The predicted octanol–water partition coefficient (Wildman–Crippen LogP) is 4.19. The number of halogens is 6. The molecule has 22 heavy (non-hydrogen) atoms. The molecule has 0 aliphatic carbocycles. The molecule has 0 saturated carbocycles. The molecule has 0 spiro atoms. The minimum Gasteiger partial charge on any atom is -0.324 e. The Morgan fingerprint density at radius 1 is 0.909 bits per heavy atom. The van der Waals surface area contributed by atoms with Gasteiger partial charge in [0, 0.05) is 13.1 Å². The molecule has 3 nitrogen and oxygen atoms in total. The second-order valence-electron chi connectivity index (χ2n) is 6.24. The lowest BCUT2D eigenvalue weighted by Crippen LogP contribution is -2.67.